The van der Waals surface area contributed by atoms with Crippen LogP contribution < -0.4 is 37.3 Å². The first kappa shape index (κ1) is 55.0. The Hall–Kier alpha value is -8.34. The number of fused-ring (bicyclic) bond motifs is 5. The number of anilines is 1. The Balaban J connectivity index is 1.02. The number of hydrogen-bond donors (Lipinski definition) is 7. The third kappa shape index (κ3) is 12.8. The highest BCUT2D eigenvalue weighted by Gasteiger charge is 2.45. The molecule has 2 aromatic carbocycles. The van der Waals surface area contributed by atoms with Gasteiger partial charge in [0, 0.05) is 62.4 Å². The molecule has 0 spiro atoms. The summed E-state index contributed by atoms with van der Waals surface area (Å²) in [6, 6.07) is 10.0. The zero-order valence-electron chi connectivity index (χ0n) is 41.8. The molecule has 0 saturated carbocycles. The van der Waals surface area contributed by atoms with Crippen LogP contribution in [0, 0.1) is 5.92 Å². The molecule has 0 fully saturated rings. The molecular formula is C51H61N9O14. The summed E-state index contributed by atoms with van der Waals surface area (Å²) in [6.45, 7) is 8.99. The Morgan fingerprint density at radius 2 is 1.66 bits per heavy atom. The van der Waals surface area contributed by atoms with Gasteiger partial charge in [-0.1, -0.05) is 39.0 Å². The number of hydrogen-bond acceptors (Lipinski definition) is 14. The zero-order valence-corrected chi connectivity index (χ0v) is 41.8. The SMILES string of the molecule is C=CCc1c2c(nc3ccc(OC(=O)N(C)CCN(C)C(=O)OCc4ccc(NC(=O)[C@H](CCCNC(N)=O)NC(=O)[C@@H](NC(=O)CCC(=O)O)C(C)C)cc4)cc13)-c1cc3c(c(=O)n1C2)COC(=O)[C@]3(O)CC. The molecule has 3 atom stereocenters. The number of nitrogens with one attached hydrogen (secondary N) is 4. The second-order valence-electron chi connectivity index (χ2n) is 18.3. The normalized spacial score (nSPS) is 15.0. The number of aliphatic hydroxyl groups is 1. The number of cyclic esters (lactones) is 1. The predicted octanol–water partition coefficient (Wildman–Crippen LogP) is 3.38. The molecule has 8 N–H and O–H groups in total. The van der Waals surface area contributed by atoms with Crippen LogP contribution in [0.2, 0.25) is 0 Å². The molecule has 0 saturated heterocycles. The summed E-state index contributed by atoms with van der Waals surface area (Å²) in [5.41, 5.74) is 7.24. The van der Waals surface area contributed by atoms with E-state index in [0.29, 0.717) is 40.0 Å². The van der Waals surface area contributed by atoms with Crippen LogP contribution in [0.4, 0.5) is 20.1 Å². The van der Waals surface area contributed by atoms with E-state index in [1.54, 1.807) is 79.9 Å². The lowest BCUT2D eigenvalue weighted by atomic mass is 9.86. The molecule has 23 heteroatoms. The number of carbonyl (C=O) groups is 8. The fourth-order valence-corrected chi connectivity index (χ4v) is 8.46. The quantitative estimate of drug-likeness (QED) is 0.0297. The number of primary amides is 1. The van der Waals surface area contributed by atoms with E-state index in [4.69, 9.17) is 30.0 Å². The second kappa shape index (κ2) is 23.9. The van der Waals surface area contributed by atoms with Gasteiger partial charge in [0.25, 0.3) is 5.56 Å². The molecular weight excluding hydrogens is 963 g/mol. The van der Waals surface area contributed by atoms with Crippen molar-refractivity contribution >= 4 is 64.5 Å². The van der Waals surface area contributed by atoms with Gasteiger partial charge in [0.2, 0.25) is 17.7 Å². The number of esters is 1. The van der Waals surface area contributed by atoms with Crippen molar-refractivity contribution in [3.63, 3.8) is 0 Å². The number of pyridine rings is 2. The molecule has 23 nitrogen and oxygen atoms in total. The Morgan fingerprint density at radius 1 is 0.959 bits per heavy atom. The van der Waals surface area contributed by atoms with Crippen molar-refractivity contribution in [2.24, 2.45) is 11.7 Å². The van der Waals surface area contributed by atoms with E-state index in [1.807, 2.05) is 0 Å². The molecule has 6 rings (SSSR count). The lowest BCUT2D eigenvalue weighted by Crippen LogP contribution is -2.54. The summed E-state index contributed by atoms with van der Waals surface area (Å²) >= 11 is 0. The van der Waals surface area contributed by atoms with Crippen LogP contribution in [0.15, 0.2) is 66.0 Å². The van der Waals surface area contributed by atoms with Crippen molar-refractivity contribution < 1.29 is 62.8 Å². The number of urea groups is 1. The van der Waals surface area contributed by atoms with Gasteiger partial charge in [0.15, 0.2) is 5.60 Å². The number of carboxylic acid groups (broad SMARTS) is 1. The highest BCUT2D eigenvalue weighted by Crippen LogP contribution is 2.41. The summed E-state index contributed by atoms with van der Waals surface area (Å²) in [5.74, 6) is -4.08. The molecule has 7 amide bonds. The Morgan fingerprint density at radius 3 is 2.31 bits per heavy atom. The molecule has 0 unspecified atom stereocenters. The van der Waals surface area contributed by atoms with Crippen LogP contribution in [-0.4, -0.2) is 123 Å². The van der Waals surface area contributed by atoms with E-state index in [1.165, 1.54) is 23.9 Å². The average molecular weight is 1020 g/mol. The van der Waals surface area contributed by atoms with E-state index < -0.39 is 77.9 Å². The number of aliphatic carboxylic acids is 1. The summed E-state index contributed by atoms with van der Waals surface area (Å²) in [5, 5.41) is 31.2. The van der Waals surface area contributed by atoms with Crippen LogP contribution >= 0.6 is 0 Å². The minimum absolute atomic E-state index is 0.0123. The van der Waals surface area contributed by atoms with Crippen LogP contribution in [0.1, 0.15) is 80.7 Å². The molecule has 2 aliphatic heterocycles. The molecule has 2 aromatic heterocycles. The number of carboxylic acids is 1. The summed E-state index contributed by atoms with van der Waals surface area (Å²) in [7, 11) is 3.02. The van der Waals surface area contributed by atoms with Crippen LogP contribution in [0.3, 0.4) is 0 Å². The number of nitrogens with zero attached hydrogens (tertiary/aromatic N) is 4. The molecule has 0 bridgehead atoms. The van der Waals surface area contributed by atoms with Crippen molar-refractivity contribution in [3.05, 3.63) is 99.4 Å². The fraction of sp³-hybridized carbons (Fsp3) is 0.412. The highest BCUT2D eigenvalue weighted by atomic mass is 16.6. The maximum atomic E-state index is 13.8. The molecule has 394 valence electrons. The van der Waals surface area contributed by atoms with Crippen molar-refractivity contribution in [2.45, 2.75) is 96.7 Å². The lowest BCUT2D eigenvalue weighted by Gasteiger charge is -2.31. The van der Waals surface area contributed by atoms with Gasteiger partial charge in [-0.15, -0.1) is 6.58 Å². The van der Waals surface area contributed by atoms with Crippen LogP contribution in [-0.2, 0) is 65.2 Å². The number of amides is 7. The minimum Gasteiger partial charge on any atom is -0.481 e. The van der Waals surface area contributed by atoms with E-state index in [9.17, 15) is 48.3 Å². The molecule has 4 heterocycles. The minimum atomic E-state index is -1.97. The van der Waals surface area contributed by atoms with Crippen LogP contribution in [0.5, 0.6) is 5.75 Å². The number of aromatic nitrogens is 2. The average Bonchev–Trinajstić information content (AvgIpc) is 3.74. The van der Waals surface area contributed by atoms with Gasteiger partial charge in [0.05, 0.1) is 35.4 Å². The maximum absolute atomic E-state index is 13.8. The van der Waals surface area contributed by atoms with Gasteiger partial charge in [-0.05, 0) is 79.1 Å². The Kier molecular flexibility index (Phi) is 17.8. The van der Waals surface area contributed by atoms with E-state index in [2.05, 4.69) is 27.8 Å². The largest absolute Gasteiger partial charge is 0.481 e. The van der Waals surface area contributed by atoms with Gasteiger partial charge >= 0.3 is 30.2 Å². The zero-order chi connectivity index (χ0) is 54.0. The molecule has 74 heavy (non-hydrogen) atoms. The van der Waals surface area contributed by atoms with Gasteiger partial charge in [-0.2, -0.15) is 0 Å². The maximum Gasteiger partial charge on any atom is 0.415 e. The van der Waals surface area contributed by atoms with Crippen molar-refractivity contribution in [1.29, 1.82) is 0 Å². The standard InChI is InChI=1S/C51H61N9O14/c1-7-10-32-33-23-31(16-17-37(33)55-43-34(32)25-60-39(43)24-36-35(46(60)66)27-72-47(67)51(36,71)8-2)74-50(70)59(6)22-21-58(5)49(69)73-26-29-12-14-30(15-13-29)54-44(64)38(11-9-20-53-48(52)68)56-45(65)42(28(3)4)57-40(61)18-19-41(62)63/h7,12-17,23-24,28,38,42,71H,1,8-11,18-22,25-27H2,2-6H3,(H,54,64)(H,56,65)(H,57,61)(H,62,63)(H3,52,53,68)/t38-,42-,51-/m0/s1. The summed E-state index contributed by atoms with van der Waals surface area (Å²) < 4.78 is 18.0. The van der Waals surface area contributed by atoms with Gasteiger partial charge in [-0.3, -0.25) is 24.0 Å². The van der Waals surface area contributed by atoms with Gasteiger partial charge < -0.3 is 65.8 Å². The predicted molar refractivity (Wildman–Crippen MR) is 267 cm³/mol. The van der Waals surface area contributed by atoms with Gasteiger partial charge in [0.1, 0.15) is 31.0 Å². The number of nitrogens with two attached hydrogens (primary N) is 1. The number of ether oxygens (including phenoxy) is 3. The fourth-order valence-electron chi connectivity index (χ4n) is 8.46. The first-order chi connectivity index (χ1) is 35.1. The number of rotatable bonds is 22. The van der Waals surface area contributed by atoms with E-state index >= 15 is 0 Å². The highest BCUT2D eigenvalue weighted by molar-refractivity contribution is 5.98. The summed E-state index contributed by atoms with van der Waals surface area (Å²) in [6.07, 6.45) is 0.317. The lowest BCUT2D eigenvalue weighted by molar-refractivity contribution is -0.172. The second-order valence-corrected chi connectivity index (χ2v) is 18.3. The van der Waals surface area contributed by atoms with E-state index in [0.717, 1.165) is 11.1 Å². The number of carbonyl (C=O) groups excluding carboxylic acids is 7. The molecule has 0 radical (unpaired) electrons. The third-order valence-electron chi connectivity index (χ3n) is 12.7. The molecule has 2 aliphatic rings. The monoisotopic (exact) mass is 1020 g/mol. The van der Waals surface area contributed by atoms with E-state index in [-0.39, 0.29) is 87.5 Å². The molecule has 0 aliphatic carbocycles. The number of benzene rings is 2. The van der Waals surface area contributed by atoms with Gasteiger partial charge in [-0.25, -0.2) is 24.2 Å². The van der Waals surface area contributed by atoms with Crippen molar-refractivity contribution in [2.75, 3.05) is 39.0 Å². The smallest absolute Gasteiger partial charge is 0.415 e. The third-order valence-corrected chi connectivity index (χ3v) is 12.7. The number of allylic oxidation sites excluding steroid dienone is 1. The van der Waals surface area contributed by atoms with Crippen molar-refractivity contribution in [1.82, 2.24) is 35.3 Å². The van der Waals surface area contributed by atoms with Crippen LogP contribution in [0.25, 0.3) is 22.3 Å². The summed E-state index contributed by atoms with van der Waals surface area (Å²) in [4.78, 5) is 121. The first-order valence-corrected chi connectivity index (χ1v) is 23.9. The number of likely N-dealkylation sites (N-methyl/N-ethyl adjacent to an activating group) is 2. The molecule has 4 aromatic rings. The first-order valence-electron chi connectivity index (χ1n) is 23.9. The Labute approximate surface area is 425 Å². The Bertz CT molecular complexity index is 2920. The topological polar surface area (TPSA) is 320 Å². The van der Waals surface area contributed by atoms with Crippen molar-refractivity contribution in [3.8, 4) is 17.1 Å².